The zero-order valence-corrected chi connectivity index (χ0v) is 22.9. The van der Waals surface area contributed by atoms with Crippen LogP contribution in [0.25, 0.3) is 22.6 Å². The van der Waals surface area contributed by atoms with E-state index in [-0.39, 0.29) is 11.6 Å². The average molecular weight is 501 g/mol. The third-order valence-corrected chi connectivity index (χ3v) is 8.70. The SMILES string of the molecule is CCCCc1cc2c3c(c(=O)n(C(C)C)c2cc1=C(C)C)=Cc1cc2c(cc1O3)N(C1CS1)CCC2. The van der Waals surface area contributed by atoms with Crippen LogP contribution in [0, 0.1) is 0 Å². The topological polar surface area (TPSA) is 34.5 Å². The Hall–Kier alpha value is -2.66. The molecular formula is C31H36N2O2S. The molecule has 0 N–H and O–H groups in total. The zero-order valence-electron chi connectivity index (χ0n) is 22.1. The molecule has 4 nitrogen and oxygen atoms in total. The Morgan fingerprint density at radius 3 is 2.69 bits per heavy atom. The molecule has 0 bridgehead atoms. The van der Waals surface area contributed by atoms with E-state index in [2.05, 4.69) is 69.9 Å². The van der Waals surface area contributed by atoms with Crippen LogP contribution < -0.4 is 25.6 Å². The minimum absolute atomic E-state index is 0.0351. The normalized spacial score (nSPS) is 17.8. The average Bonchev–Trinajstić information content (AvgIpc) is 3.70. The largest absolute Gasteiger partial charge is 0.455 e. The number of aryl methyl sites for hydroxylation is 2. The minimum Gasteiger partial charge on any atom is -0.455 e. The molecule has 1 saturated heterocycles. The molecule has 0 amide bonds. The molecule has 2 aromatic carbocycles. The van der Waals surface area contributed by atoms with Crippen molar-refractivity contribution in [2.45, 2.75) is 78.1 Å². The van der Waals surface area contributed by atoms with Crippen LogP contribution in [0.3, 0.4) is 0 Å². The predicted molar refractivity (Wildman–Crippen MR) is 153 cm³/mol. The maximum absolute atomic E-state index is 13.9. The highest BCUT2D eigenvalue weighted by molar-refractivity contribution is 8.07. The summed E-state index contributed by atoms with van der Waals surface area (Å²) in [5.41, 5.74) is 7.35. The molecule has 5 heteroatoms. The van der Waals surface area contributed by atoms with E-state index < -0.39 is 0 Å². The Labute approximate surface area is 217 Å². The van der Waals surface area contributed by atoms with Crippen molar-refractivity contribution in [3.63, 3.8) is 0 Å². The second-order valence-corrected chi connectivity index (χ2v) is 12.2. The minimum atomic E-state index is 0.0351. The van der Waals surface area contributed by atoms with Crippen molar-refractivity contribution in [1.29, 1.82) is 0 Å². The van der Waals surface area contributed by atoms with Gasteiger partial charge in [0.25, 0.3) is 5.56 Å². The Morgan fingerprint density at radius 2 is 2.00 bits per heavy atom. The van der Waals surface area contributed by atoms with Crippen molar-refractivity contribution in [3.8, 4) is 11.5 Å². The molecule has 4 heterocycles. The summed E-state index contributed by atoms with van der Waals surface area (Å²) >= 11 is 2.02. The number of unbranched alkanes of at least 4 members (excludes halogenated alkanes) is 1. The van der Waals surface area contributed by atoms with Crippen LogP contribution in [0.15, 0.2) is 29.1 Å². The lowest BCUT2D eigenvalue weighted by Crippen LogP contribution is -2.38. The number of aromatic nitrogens is 1. The molecule has 6 rings (SSSR count). The smallest absolute Gasteiger partial charge is 0.262 e. The van der Waals surface area contributed by atoms with Crippen molar-refractivity contribution in [2.75, 3.05) is 17.2 Å². The highest BCUT2D eigenvalue weighted by Gasteiger charge is 2.34. The molecule has 0 spiro atoms. The molecule has 3 aliphatic rings. The quantitative estimate of drug-likeness (QED) is 0.321. The van der Waals surface area contributed by atoms with Crippen LogP contribution in [0.5, 0.6) is 11.5 Å². The first-order valence-corrected chi connectivity index (χ1v) is 14.6. The predicted octanol–water partition coefficient (Wildman–Crippen LogP) is 5.88. The fourth-order valence-corrected chi connectivity index (χ4v) is 6.60. The second-order valence-electron chi connectivity index (χ2n) is 11.0. The number of benzene rings is 2. The summed E-state index contributed by atoms with van der Waals surface area (Å²) in [6, 6.07) is 9.09. The van der Waals surface area contributed by atoms with E-state index in [1.54, 1.807) is 0 Å². The summed E-state index contributed by atoms with van der Waals surface area (Å²) in [6.45, 7) is 11.9. The van der Waals surface area contributed by atoms with Gasteiger partial charge in [0.2, 0.25) is 0 Å². The van der Waals surface area contributed by atoms with Gasteiger partial charge in [-0.2, -0.15) is 0 Å². The maximum atomic E-state index is 13.9. The lowest BCUT2D eigenvalue weighted by Gasteiger charge is -2.32. The number of anilines is 1. The summed E-state index contributed by atoms with van der Waals surface area (Å²) in [6.07, 6.45) is 7.68. The number of hydrogen-bond acceptors (Lipinski definition) is 4. The molecule has 1 atom stereocenters. The van der Waals surface area contributed by atoms with Gasteiger partial charge >= 0.3 is 0 Å². The Morgan fingerprint density at radius 1 is 1.19 bits per heavy atom. The molecule has 3 aliphatic heterocycles. The van der Waals surface area contributed by atoms with Gasteiger partial charge in [-0.15, -0.1) is 11.8 Å². The van der Waals surface area contributed by atoms with Gasteiger partial charge in [0.15, 0.2) is 0 Å². The number of pyridine rings is 1. The fourth-order valence-electron chi connectivity index (χ4n) is 5.93. The van der Waals surface area contributed by atoms with E-state index in [1.807, 2.05) is 16.3 Å². The Bertz CT molecular complexity index is 1560. The summed E-state index contributed by atoms with van der Waals surface area (Å²) in [5, 5.41) is 3.59. The van der Waals surface area contributed by atoms with Gasteiger partial charge in [-0.25, -0.2) is 0 Å². The number of rotatable bonds is 5. The first-order valence-electron chi connectivity index (χ1n) is 13.5. The van der Waals surface area contributed by atoms with Crippen molar-refractivity contribution in [1.82, 2.24) is 4.57 Å². The van der Waals surface area contributed by atoms with Gasteiger partial charge in [0.05, 0.1) is 16.1 Å². The lowest BCUT2D eigenvalue weighted by atomic mass is 9.96. The maximum Gasteiger partial charge on any atom is 0.262 e. The third-order valence-electron chi connectivity index (χ3n) is 7.82. The molecular weight excluding hydrogens is 464 g/mol. The van der Waals surface area contributed by atoms with E-state index >= 15 is 0 Å². The van der Waals surface area contributed by atoms with E-state index in [4.69, 9.17) is 4.74 Å². The molecule has 0 aliphatic carbocycles. The zero-order chi connectivity index (χ0) is 25.1. The standard InChI is InChI=1S/C31H36N2O2S/c1-6-7-9-20-13-24-27(15-23(20)18(2)3)33(19(4)5)31(34)25-14-22-12-21-10-8-11-32(29-17-36-29)26(21)16-28(22)35-30(24)25/h12-16,19,29H,6-11,17H2,1-5H3. The number of hydrogen-bond donors (Lipinski definition) is 0. The summed E-state index contributed by atoms with van der Waals surface area (Å²) < 4.78 is 8.65. The summed E-state index contributed by atoms with van der Waals surface area (Å²) in [4.78, 5) is 16.4. The monoisotopic (exact) mass is 500 g/mol. The van der Waals surface area contributed by atoms with E-state index in [9.17, 15) is 4.79 Å². The number of ether oxygens (including phenoxy) is 1. The van der Waals surface area contributed by atoms with Crippen LogP contribution >= 0.6 is 11.8 Å². The van der Waals surface area contributed by atoms with Gasteiger partial charge < -0.3 is 14.2 Å². The molecule has 1 aromatic heterocycles. The number of thioether (sulfide) groups is 1. The Balaban J connectivity index is 1.63. The summed E-state index contributed by atoms with van der Waals surface area (Å²) in [7, 11) is 0. The van der Waals surface area contributed by atoms with Crippen molar-refractivity contribution in [3.05, 3.63) is 61.7 Å². The molecule has 188 valence electrons. The van der Waals surface area contributed by atoms with E-state index in [1.165, 1.54) is 39.8 Å². The van der Waals surface area contributed by atoms with Crippen LogP contribution in [-0.4, -0.2) is 22.2 Å². The van der Waals surface area contributed by atoms with Crippen LogP contribution in [0.2, 0.25) is 0 Å². The van der Waals surface area contributed by atoms with E-state index in [0.29, 0.717) is 10.6 Å². The first-order chi connectivity index (χ1) is 17.4. The number of nitrogens with zero attached hydrogens (tertiary/aromatic N) is 2. The lowest BCUT2D eigenvalue weighted by molar-refractivity contribution is 0.472. The van der Waals surface area contributed by atoms with Crippen molar-refractivity contribution in [2.24, 2.45) is 0 Å². The molecule has 1 fully saturated rings. The second kappa shape index (κ2) is 9.02. The highest BCUT2D eigenvalue weighted by Crippen LogP contribution is 2.44. The summed E-state index contributed by atoms with van der Waals surface area (Å²) in [5.74, 6) is 2.81. The van der Waals surface area contributed by atoms with Crippen LogP contribution in [0.4, 0.5) is 5.69 Å². The Kier molecular flexibility index (Phi) is 5.94. The van der Waals surface area contributed by atoms with Gasteiger partial charge in [-0.3, -0.25) is 4.79 Å². The van der Waals surface area contributed by atoms with E-state index in [0.717, 1.165) is 60.2 Å². The molecule has 1 unspecified atom stereocenters. The molecule has 3 aromatic rings. The van der Waals surface area contributed by atoms with Gasteiger partial charge in [0, 0.05) is 41.0 Å². The fraction of sp³-hybridized carbons (Fsp3) is 0.452. The van der Waals surface area contributed by atoms with Crippen LogP contribution in [0.1, 0.15) is 76.6 Å². The third kappa shape index (κ3) is 3.87. The van der Waals surface area contributed by atoms with Gasteiger partial charge in [-0.1, -0.05) is 18.9 Å². The molecule has 36 heavy (non-hydrogen) atoms. The van der Waals surface area contributed by atoms with Gasteiger partial charge in [0.1, 0.15) is 11.5 Å². The van der Waals surface area contributed by atoms with Crippen molar-refractivity contribution < 1.29 is 4.74 Å². The highest BCUT2D eigenvalue weighted by atomic mass is 32.2. The van der Waals surface area contributed by atoms with Crippen LogP contribution in [-0.2, 0) is 12.8 Å². The van der Waals surface area contributed by atoms with Gasteiger partial charge in [-0.05, 0) is 94.0 Å². The first kappa shape index (κ1) is 23.7. The number of fused-ring (bicyclic) bond motifs is 5. The molecule has 0 radical (unpaired) electrons. The van der Waals surface area contributed by atoms with Crippen molar-refractivity contribution >= 4 is 40.0 Å². The molecule has 0 saturated carbocycles.